The molecular weight excluding hydrogens is 254 g/mol. The predicted molar refractivity (Wildman–Crippen MR) is 66.6 cm³/mol. The van der Waals surface area contributed by atoms with E-state index < -0.39 is 0 Å². The number of piperazine rings is 1. The minimum absolute atomic E-state index is 0.106. The Hall–Kier alpha value is -1.49. The Kier molecular flexibility index (Phi) is 2.78. The molecule has 2 fully saturated rings. The number of halogens is 1. The second-order valence-corrected chi connectivity index (χ2v) is 5.20. The molecule has 1 aliphatic carbocycles. The third-order valence-corrected chi connectivity index (χ3v) is 3.51. The van der Waals surface area contributed by atoms with E-state index in [1.165, 1.54) is 0 Å². The van der Waals surface area contributed by atoms with E-state index in [0.717, 1.165) is 12.8 Å². The Morgan fingerprint density at radius 2 is 2.22 bits per heavy atom. The fourth-order valence-electron chi connectivity index (χ4n) is 2.25. The first-order valence-corrected chi connectivity index (χ1v) is 6.46. The number of carbonyl (C=O) groups excluding carboxylic acids is 2. The molecule has 96 valence electrons. The summed E-state index contributed by atoms with van der Waals surface area (Å²) < 4.78 is 1.94. The number of nitrogens with one attached hydrogen (secondary N) is 1. The zero-order chi connectivity index (χ0) is 12.7. The first-order chi connectivity index (χ1) is 8.65. The molecule has 5 nitrogen and oxygen atoms in total. The molecule has 1 saturated heterocycles. The summed E-state index contributed by atoms with van der Waals surface area (Å²) in [5, 5.41) is 3.28. The van der Waals surface area contributed by atoms with Gasteiger partial charge in [0.2, 0.25) is 5.91 Å². The van der Waals surface area contributed by atoms with Crippen LogP contribution in [0, 0.1) is 0 Å². The molecule has 6 heteroatoms. The molecule has 2 amide bonds. The highest BCUT2D eigenvalue weighted by molar-refractivity contribution is 6.31. The van der Waals surface area contributed by atoms with E-state index in [1.54, 1.807) is 17.2 Å². The molecular formula is C12H14ClN3O2. The van der Waals surface area contributed by atoms with Crippen LogP contribution in [0.1, 0.15) is 29.4 Å². The largest absolute Gasteiger partial charge is 0.353 e. The van der Waals surface area contributed by atoms with Crippen LogP contribution >= 0.6 is 11.6 Å². The minimum Gasteiger partial charge on any atom is -0.353 e. The molecule has 2 heterocycles. The number of hydrogen-bond acceptors (Lipinski definition) is 2. The lowest BCUT2D eigenvalue weighted by atomic mass is 10.3. The summed E-state index contributed by atoms with van der Waals surface area (Å²) in [6.45, 7) is 1.20. The van der Waals surface area contributed by atoms with E-state index in [9.17, 15) is 9.59 Å². The summed E-state index contributed by atoms with van der Waals surface area (Å²) >= 11 is 5.98. The van der Waals surface area contributed by atoms with Gasteiger partial charge in [-0.25, -0.2) is 0 Å². The van der Waals surface area contributed by atoms with Crippen LogP contribution in [0.25, 0.3) is 0 Å². The number of amides is 2. The van der Waals surface area contributed by atoms with Gasteiger partial charge in [0.05, 0.1) is 11.6 Å². The molecule has 1 aliphatic heterocycles. The van der Waals surface area contributed by atoms with E-state index in [2.05, 4.69) is 5.32 Å². The monoisotopic (exact) mass is 267 g/mol. The van der Waals surface area contributed by atoms with Gasteiger partial charge in [0, 0.05) is 25.3 Å². The molecule has 0 unspecified atom stereocenters. The molecule has 2 aliphatic rings. The Bertz CT molecular complexity index is 507. The SMILES string of the molecule is O=C1CN(C(=O)c2cc(Cl)cn2C2CC2)CCN1. The van der Waals surface area contributed by atoms with E-state index >= 15 is 0 Å². The zero-order valence-corrected chi connectivity index (χ0v) is 10.6. The number of carbonyl (C=O) groups is 2. The van der Waals surface area contributed by atoms with Crippen molar-refractivity contribution in [2.24, 2.45) is 0 Å². The van der Waals surface area contributed by atoms with Crippen molar-refractivity contribution < 1.29 is 9.59 Å². The van der Waals surface area contributed by atoms with Gasteiger partial charge in [-0.2, -0.15) is 0 Å². The van der Waals surface area contributed by atoms with Crippen molar-refractivity contribution in [3.8, 4) is 0 Å². The van der Waals surface area contributed by atoms with Gasteiger partial charge < -0.3 is 14.8 Å². The molecule has 1 aromatic heterocycles. The molecule has 0 spiro atoms. The molecule has 1 N–H and O–H groups in total. The van der Waals surface area contributed by atoms with Gasteiger partial charge in [-0.05, 0) is 18.9 Å². The number of hydrogen-bond donors (Lipinski definition) is 1. The van der Waals surface area contributed by atoms with E-state index in [4.69, 9.17) is 11.6 Å². The standard InChI is InChI=1S/C12H14ClN3O2/c13-8-5-10(16(6-8)9-1-2-9)12(18)15-4-3-14-11(17)7-15/h5-6,9H,1-4,7H2,(H,14,17). The highest BCUT2D eigenvalue weighted by atomic mass is 35.5. The van der Waals surface area contributed by atoms with Crippen LogP contribution in [0.3, 0.4) is 0 Å². The summed E-state index contributed by atoms with van der Waals surface area (Å²) in [6.07, 6.45) is 3.98. The highest BCUT2D eigenvalue weighted by Crippen LogP contribution is 2.37. The van der Waals surface area contributed by atoms with Gasteiger partial charge in [-0.3, -0.25) is 9.59 Å². The maximum atomic E-state index is 12.4. The molecule has 18 heavy (non-hydrogen) atoms. The Morgan fingerprint density at radius 3 is 2.89 bits per heavy atom. The maximum absolute atomic E-state index is 12.4. The van der Waals surface area contributed by atoms with Gasteiger partial charge in [-0.15, -0.1) is 0 Å². The predicted octanol–water partition coefficient (Wildman–Crippen LogP) is 1.05. The first-order valence-electron chi connectivity index (χ1n) is 6.08. The quantitative estimate of drug-likeness (QED) is 0.871. The normalized spacial score (nSPS) is 19.8. The van der Waals surface area contributed by atoms with Crippen LogP contribution < -0.4 is 5.32 Å². The summed E-state index contributed by atoms with van der Waals surface area (Å²) in [5.41, 5.74) is 0.595. The second-order valence-electron chi connectivity index (χ2n) is 4.76. The summed E-state index contributed by atoms with van der Waals surface area (Å²) in [4.78, 5) is 25.3. The fraction of sp³-hybridized carbons (Fsp3) is 0.500. The topological polar surface area (TPSA) is 54.3 Å². The smallest absolute Gasteiger partial charge is 0.271 e. The Labute approximate surface area is 110 Å². The lowest BCUT2D eigenvalue weighted by Gasteiger charge is -2.27. The first kappa shape index (κ1) is 11.6. The Morgan fingerprint density at radius 1 is 1.44 bits per heavy atom. The van der Waals surface area contributed by atoms with Crippen LogP contribution in [0.5, 0.6) is 0 Å². The molecule has 0 atom stereocenters. The van der Waals surface area contributed by atoms with E-state index in [0.29, 0.717) is 29.8 Å². The lowest BCUT2D eigenvalue weighted by Crippen LogP contribution is -2.50. The van der Waals surface area contributed by atoms with Crippen molar-refractivity contribution in [2.45, 2.75) is 18.9 Å². The number of aromatic nitrogens is 1. The van der Waals surface area contributed by atoms with Crippen molar-refractivity contribution in [2.75, 3.05) is 19.6 Å². The van der Waals surface area contributed by atoms with Crippen molar-refractivity contribution in [1.29, 1.82) is 0 Å². The van der Waals surface area contributed by atoms with E-state index in [-0.39, 0.29) is 18.4 Å². The summed E-state index contributed by atoms with van der Waals surface area (Å²) in [5.74, 6) is -0.214. The van der Waals surface area contributed by atoms with Gasteiger partial charge in [0.1, 0.15) is 5.69 Å². The fourth-order valence-corrected chi connectivity index (χ4v) is 2.45. The minimum atomic E-state index is -0.108. The van der Waals surface area contributed by atoms with E-state index in [1.807, 2.05) is 4.57 Å². The van der Waals surface area contributed by atoms with Gasteiger partial charge in [-0.1, -0.05) is 11.6 Å². The van der Waals surface area contributed by atoms with Gasteiger partial charge >= 0.3 is 0 Å². The average Bonchev–Trinajstić information content (AvgIpc) is 3.12. The molecule has 0 bridgehead atoms. The lowest BCUT2D eigenvalue weighted by molar-refractivity contribution is -0.123. The van der Waals surface area contributed by atoms with Crippen LogP contribution in [0.4, 0.5) is 0 Å². The second kappa shape index (κ2) is 4.31. The van der Waals surface area contributed by atoms with Crippen LogP contribution in [-0.2, 0) is 4.79 Å². The number of nitrogens with zero attached hydrogens (tertiary/aromatic N) is 2. The summed E-state index contributed by atoms with van der Waals surface area (Å²) in [6, 6.07) is 2.09. The average molecular weight is 268 g/mol. The van der Waals surface area contributed by atoms with Crippen LogP contribution in [0.15, 0.2) is 12.3 Å². The van der Waals surface area contributed by atoms with Crippen LogP contribution in [0.2, 0.25) is 5.02 Å². The molecule has 3 rings (SSSR count). The third-order valence-electron chi connectivity index (χ3n) is 3.30. The summed E-state index contributed by atoms with van der Waals surface area (Å²) in [7, 11) is 0. The van der Waals surface area contributed by atoms with Gasteiger partial charge in [0.25, 0.3) is 5.91 Å². The molecule has 0 radical (unpaired) electrons. The zero-order valence-electron chi connectivity index (χ0n) is 9.86. The van der Waals surface area contributed by atoms with Crippen LogP contribution in [-0.4, -0.2) is 40.9 Å². The van der Waals surface area contributed by atoms with Gasteiger partial charge in [0.15, 0.2) is 0 Å². The Balaban J connectivity index is 1.85. The van der Waals surface area contributed by atoms with Crippen molar-refractivity contribution in [3.63, 3.8) is 0 Å². The third kappa shape index (κ3) is 2.10. The number of rotatable bonds is 2. The maximum Gasteiger partial charge on any atom is 0.271 e. The molecule has 1 aromatic rings. The van der Waals surface area contributed by atoms with Crippen molar-refractivity contribution in [3.05, 3.63) is 23.0 Å². The molecule has 1 saturated carbocycles. The van der Waals surface area contributed by atoms with Crippen molar-refractivity contribution >= 4 is 23.4 Å². The molecule has 0 aromatic carbocycles. The van der Waals surface area contributed by atoms with Crippen molar-refractivity contribution in [1.82, 2.24) is 14.8 Å². The highest BCUT2D eigenvalue weighted by Gasteiger charge is 2.30.